The van der Waals surface area contributed by atoms with Crippen molar-refractivity contribution in [3.63, 3.8) is 0 Å². The molecule has 34 heavy (non-hydrogen) atoms. The van der Waals surface area contributed by atoms with Crippen LogP contribution in [0.15, 0.2) is 98.4 Å². The van der Waals surface area contributed by atoms with E-state index in [-0.39, 0.29) is 11.4 Å². The molecule has 2 aliphatic rings. The average Bonchev–Trinajstić information content (AvgIpc) is 3.23. The molecule has 1 fully saturated rings. The average molecular weight is 576 g/mol. The van der Waals surface area contributed by atoms with Crippen molar-refractivity contribution in [2.24, 2.45) is 0 Å². The van der Waals surface area contributed by atoms with Crippen LogP contribution in [0.1, 0.15) is 35.2 Å². The fourth-order valence-electron chi connectivity index (χ4n) is 5.45. The maximum atomic E-state index is 13.1. The Morgan fingerprint density at radius 1 is 0.794 bits per heavy atom. The quantitative estimate of drug-likeness (QED) is 0.270. The van der Waals surface area contributed by atoms with E-state index in [4.69, 9.17) is 4.52 Å². The van der Waals surface area contributed by atoms with Crippen LogP contribution in [-0.2, 0) is 10.8 Å². The molecule has 0 N–H and O–H groups in total. The molecule has 2 atom stereocenters. The van der Waals surface area contributed by atoms with E-state index in [2.05, 4.69) is 97.8 Å². The van der Waals surface area contributed by atoms with Crippen LogP contribution < -0.4 is 9.79 Å². The number of nitrogens with zero attached hydrogens (tertiary/aromatic N) is 2. The first-order chi connectivity index (χ1) is 16.5. The maximum absolute atomic E-state index is 13.1. The Hall–Kier alpha value is -2.96. The van der Waals surface area contributed by atoms with Crippen LogP contribution in [0.5, 0.6) is 5.95 Å². The smallest absolute Gasteiger partial charge is 0.251 e. The molecule has 2 unspecified atom stereocenters. The van der Waals surface area contributed by atoms with Gasteiger partial charge in [0, 0.05) is 26.0 Å². The number of hydrogen-bond donors (Lipinski definition) is 0. The second kappa shape index (κ2) is 8.07. The maximum Gasteiger partial charge on any atom is 0.251 e. The summed E-state index contributed by atoms with van der Waals surface area (Å²) in [5.74, 6) is -0.379. The molecule has 4 nitrogen and oxygen atoms in total. The lowest BCUT2D eigenvalue weighted by atomic mass is 9.44. The topological polar surface area (TPSA) is 53.0 Å². The summed E-state index contributed by atoms with van der Waals surface area (Å²) < 4.78 is 9.01. The van der Waals surface area contributed by atoms with E-state index in [1.165, 1.54) is 0 Å². The number of fused-ring (bicyclic) bond motifs is 6. The minimum absolute atomic E-state index is 0.379. The predicted molar refractivity (Wildman–Crippen MR) is 136 cm³/mol. The first kappa shape index (κ1) is 21.6. The number of hydrogen-bond acceptors (Lipinski definition) is 3. The molecule has 0 radical (unpaired) electrons. The Morgan fingerprint density at radius 3 is 1.94 bits per heavy atom. The molecule has 0 saturated heterocycles. The number of allylic oxidation sites excluding steroid dienone is 2. The summed E-state index contributed by atoms with van der Waals surface area (Å²) in [6.45, 7) is 0. The van der Waals surface area contributed by atoms with Crippen LogP contribution in [0.4, 0.5) is 0 Å². The monoisotopic (exact) mass is 574 g/mol. The van der Waals surface area contributed by atoms with Crippen LogP contribution in [0, 0.1) is 0 Å². The molecule has 168 valence electrons. The van der Waals surface area contributed by atoms with Crippen LogP contribution in [0.25, 0.3) is 17.8 Å². The molecule has 0 bridgehead atoms. The highest BCUT2D eigenvalue weighted by molar-refractivity contribution is 9.10. The number of halogens is 2. The van der Waals surface area contributed by atoms with Crippen LogP contribution in [0.3, 0.4) is 0 Å². The molecule has 4 aromatic rings. The van der Waals surface area contributed by atoms with Gasteiger partial charge in [0.15, 0.2) is 5.95 Å². The lowest BCUT2D eigenvalue weighted by Gasteiger charge is -2.56. The third kappa shape index (κ3) is 3.16. The predicted octanol–water partition coefficient (Wildman–Crippen LogP) is 6.26. The first-order valence-electron chi connectivity index (χ1n) is 11.1. The summed E-state index contributed by atoms with van der Waals surface area (Å²) in [7, 11) is 0. The molecule has 1 aliphatic carbocycles. The summed E-state index contributed by atoms with van der Waals surface area (Å²) in [6, 6.07) is 24.6. The van der Waals surface area contributed by atoms with Crippen molar-refractivity contribution in [1.29, 1.82) is 0 Å². The second-order valence-electron chi connectivity index (χ2n) is 8.85. The zero-order chi connectivity index (χ0) is 23.3. The van der Waals surface area contributed by atoms with Gasteiger partial charge in [-0.3, -0.25) is 0 Å². The second-order valence-corrected chi connectivity index (χ2v) is 10.7. The van der Waals surface area contributed by atoms with Crippen molar-refractivity contribution in [1.82, 2.24) is 5.27 Å². The van der Waals surface area contributed by atoms with Gasteiger partial charge in [-0.2, -0.15) is 0 Å². The summed E-state index contributed by atoms with van der Waals surface area (Å²) in [5.41, 5.74) is 3.89. The lowest BCUT2D eigenvalue weighted by Crippen LogP contribution is -2.65. The van der Waals surface area contributed by atoms with E-state index in [1.807, 2.05) is 36.4 Å². The third-order valence-electron chi connectivity index (χ3n) is 7.22. The van der Waals surface area contributed by atoms with Crippen molar-refractivity contribution >= 4 is 44.0 Å². The van der Waals surface area contributed by atoms with Crippen molar-refractivity contribution in [2.45, 2.75) is 23.7 Å². The van der Waals surface area contributed by atoms with Gasteiger partial charge in [0.1, 0.15) is 0 Å². The van der Waals surface area contributed by atoms with E-state index in [1.54, 1.807) is 4.68 Å². The summed E-state index contributed by atoms with van der Waals surface area (Å²) in [4.78, 5) is 0. The van der Waals surface area contributed by atoms with Gasteiger partial charge in [0.2, 0.25) is 5.69 Å². The van der Waals surface area contributed by atoms with Crippen LogP contribution in [-0.4, -0.2) is 5.27 Å². The SMILES string of the molecule is [O-]c1on[n+]2c1C1(/C=C/c3ccc(Br)cc3)CCC1(/C=C/c1ccc(Br)cc1)c1ccccc1-2. The standard InChI is InChI=1S/C28H20Br2N2O2/c29-21-9-5-19(6-10-21)13-15-27-17-18-28(27,16-14-20-7-11-22(30)12-8-20)25-26(33)34-31-32(25)24-4-2-1-3-23(24)27/h1-16H,17-18H2/b15-13+,16-14+. The third-order valence-corrected chi connectivity index (χ3v) is 8.27. The van der Waals surface area contributed by atoms with Gasteiger partial charge in [-0.25, -0.2) is 0 Å². The molecule has 1 aromatic heterocycles. The largest absolute Gasteiger partial charge is 0.539 e. The van der Waals surface area contributed by atoms with Gasteiger partial charge in [-0.15, -0.1) is 0 Å². The van der Waals surface area contributed by atoms with Crippen molar-refractivity contribution in [3.8, 4) is 11.6 Å². The zero-order valence-corrected chi connectivity index (χ0v) is 21.3. The normalized spacial score (nSPS) is 22.9. The van der Waals surface area contributed by atoms with E-state index in [0.29, 0.717) is 5.69 Å². The molecule has 2 heterocycles. The fraction of sp³-hybridized carbons (Fsp3) is 0.143. The van der Waals surface area contributed by atoms with E-state index < -0.39 is 5.41 Å². The highest BCUT2D eigenvalue weighted by Crippen LogP contribution is 2.64. The van der Waals surface area contributed by atoms with Crippen molar-refractivity contribution in [3.05, 3.63) is 116 Å². The molecule has 0 amide bonds. The molecule has 1 saturated carbocycles. The number of aromatic nitrogens is 2. The molecule has 0 spiro atoms. The lowest BCUT2D eigenvalue weighted by molar-refractivity contribution is -0.686. The minimum atomic E-state index is -0.558. The van der Waals surface area contributed by atoms with Gasteiger partial charge in [0.25, 0.3) is 5.69 Å². The molecular weight excluding hydrogens is 556 g/mol. The molecule has 1 aliphatic heterocycles. The van der Waals surface area contributed by atoms with Gasteiger partial charge in [-0.05, 0) is 52.9 Å². The summed E-state index contributed by atoms with van der Waals surface area (Å²) in [5, 5.41) is 17.2. The fourth-order valence-corrected chi connectivity index (χ4v) is 5.97. The van der Waals surface area contributed by atoms with Crippen LogP contribution >= 0.6 is 31.9 Å². The number of rotatable bonds is 4. The number of para-hydroxylation sites is 1. The van der Waals surface area contributed by atoms with E-state index in [0.717, 1.165) is 44.2 Å². The van der Waals surface area contributed by atoms with Gasteiger partial charge in [-0.1, -0.05) is 98.6 Å². The Balaban J connectivity index is 1.56. The number of benzene rings is 3. The molecular formula is C28H20Br2N2O2. The zero-order valence-electron chi connectivity index (χ0n) is 18.1. The first-order valence-corrected chi connectivity index (χ1v) is 12.7. The van der Waals surface area contributed by atoms with Crippen molar-refractivity contribution < 1.29 is 14.3 Å². The van der Waals surface area contributed by atoms with E-state index in [9.17, 15) is 5.11 Å². The van der Waals surface area contributed by atoms with Gasteiger partial charge >= 0.3 is 0 Å². The highest BCUT2D eigenvalue weighted by Gasteiger charge is 2.67. The minimum Gasteiger partial charge on any atom is -0.539 e. The Bertz CT molecular complexity index is 1440. The van der Waals surface area contributed by atoms with Gasteiger partial charge in [0.05, 0.1) is 10.7 Å². The Kier molecular flexibility index (Phi) is 5.12. The molecule has 6 rings (SSSR count). The summed E-state index contributed by atoms with van der Waals surface area (Å²) >= 11 is 7.01. The van der Waals surface area contributed by atoms with Crippen LogP contribution in [0.2, 0.25) is 0 Å². The Labute approximate surface area is 214 Å². The molecule has 6 heteroatoms. The Morgan fingerprint density at radius 2 is 1.35 bits per heavy atom. The highest BCUT2D eigenvalue weighted by atomic mass is 79.9. The molecule has 3 aromatic carbocycles. The van der Waals surface area contributed by atoms with E-state index >= 15 is 0 Å². The van der Waals surface area contributed by atoms with Gasteiger partial charge < -0.3 is 9.63 Å². The van der Waals surface area contributed by atoms with Crippen molar-refractivity contribution in [2.75, 3.05) is 0 Å². The summed E-state index contributed by atoms with van der Waals surface area (Å²) in [6.07, 6.45) is 10.5.